The minimum absolute atomic E-state index is 0.0256. The number of aryl methyl sites for hydroxylation is 1. The van der Waals surface area contributed by atoms with Crippen molar-refractivity contribution in [2.24, 2.45) is 0 Å². The number of carbonyl (C=O) groups is 3. The largest absolute Gasteiger partial charge is 0.463 e. The molecule has 0 radical (unpaired) electrons. The molecule has 0 bridgehead atoms. The number of hydrogen-bond donors (Lipinski definition) is 1. The smallest absolute Gasteiger partial charge is 0.408 e. The first-order valence-corrected chi connectivity index (χ1v) is 11.4. The third kappa shape index (κ3) is 5.85. The molecule has 1 amide bonds. The quantitative estimate of drug-likeness (QED) is 0.260. The van der Waals surface area contributed by atoms with Gasteiger partial charge in [0, 0.05) is 5.56 Å². The lowest BCUT2D eigenvalue weighted by molar-refractivity contribution is -0.155. The Morgan fingerprint density at radius 2 is 1.57 bits per heavy atom. The molecule has 3 aromatic rings. The molecule has 0 saturated carbocycles. The lowest BCUT2D eigenvalue weighted by Gasteiger charge is -2.32. The fraction of sp³-hybridized carbons (Fsp3) is 0.321. The van der Waals surface area contributed by atoms with E-state index in [1.807, 2.05) is 19.1 Å². The van der Waals surface area contributed by atoms with Crippen LogP contribution < -0.4 is 5.32 Å². The lowest BCUT2D eigenvalue weighted by Crippen LogP contribution is -2.55. The average molecular weight is 480 g/mol. The van der Waals surface area contributed by atoms with E-state index in [2.05, 4.69) is 5.32 Å². The first-order valence-electron chi connectivity index (χ1n) is 11.4. The zero-order chi connectivity index (χ0) is 25.8. The van der Waals surface area contributed by atoms with Gasteiger partial charge in [-0.2, -0.15) is 0 Å². The molecule has 7 heteroatoms. The Morgan fingerprint density at radius 3 is 2.17 bits per heavy atom. The van der Waals surface area contributed by atoms with Gasteiger partial charge >= 0.3 is 12.1 Å². The standard InChI is InChI=1S/C28H30FNO5/c1-6-34-25(32)28(29,24(31)22-16-15-19-9-7-8-10-21(19)17-22)23(20-13-11-18(2)12-14-20)30-26(33)35-27(3,4)5/h7-17,23H,6H2,1-5H3,(H,30,33)/t23-,28-/m0/s1. The third-order valence-electron chi connectivity index (χ3n) is 5.38. The Kier molecular flexibility index (Phi) is 7.58. The highest BCUT2D eigenvalue weighted by molar-refractivity contribution is 6.17. The van der Waals surface area contributed by atoms with Crippen molar-refractivity contribution in [2.75, 3.05) is 6.61 Å². The molecule has 3 aromatic carbocycles. The summed E-state index contributed by atoms with van der Waals surface area (Å²) in [5.74, 6) is -2.51. The molecule has 0 fully saturated rings. The van der Waals surface area contributed by atoms with Gasteiger partial charge in [0.1, 0.15) is 11.6 Å². The number of alkyl carbamates (subject to hydrolysis) is 1. The predicted molar refractivity (Wildman–Crippen MR) is 132 cm³/mol. The van der Waals surface area contributed by atoms with Crippen LogP contribution in [0, 0.1) is 6.92 Å². The average Bonchev–Trinajstić information content (AvgIpc) is 2.81. The molecular formula is C28H30FNO5. The second-order valence-electron chi connectivity index (χ2n) is 9.31. The van der Waals surface area contributed by atoms with E-state index in [1.54, 1.807) is 63.2 Å². The summed E-state index contributed by atoms with van der Waals surface area (Å²) in [6.07, 6.45) is -0.972. The fourth-order valence-electron chi connectivity index (χ4n) is 3.72. The minimum Gasteiger partial charge on any atom is -0.463 e. The van der Waals surface area contributed by atoms with Gasteiger partial charge in [-0.1, -0.05) is 66.2 Å². The number of rotatable bonds is 7. The maximum absolute atomic E-state index is 17.0. The molecule has 0 aliphatic rings. The number of fused-ring (bicyclic) bond motifs is 1. The minimum atomic E-state index is -3.26. The second kappa shape index (κ2) is 10.3. The van der Waals surface area contributed by atoms with Crippen molar-refractivity contribution in [1.29, 1.82) is 0 Å². The lowest BCUT2D eigenvalue weighted by atomic mass is 9.83. The molecule has 0 aliphatic heterocycles. The van der Waals surface area contributed by atoms with Crippen molar-refractivity contribution < 1.29 is 28.2 Å². The summed E-state index contributed by atoms with van der Waals surface area (Å²) in [4.78, 5) is 39.5. The number of benzene rings is 3. The summed E-state index contributed by atoms with van der Waals surface area (Å²) in [5.41, 5.74) is -3.07. The zero-order valence-corrected chi connectivity index (χ0v) is 20.6. The highest BCUT2D eigenvalue weighted by Crippen LogP contribution is 2.36. The van der Waals surface area contributed by atoms with Crippen LogP contribution in [0.4, 0.5) is 9.18 Å². The van der Waals surface area contributed by atoms with Gasteiger partial charge in [-0.3, -0.25) is 4.79 Å². The first kappa shape index (κ1) is 25.9. The molecule has 1 N–H and O–H groups in total. The van der Waals surface area contributed by atoms with E-state index >= 15 is 4.39 Å². The molecule has 0 saturated heterocycles. The van der Waals surface area contributed by atoms with E-state index < -0.39 is 35.2 Å². The van der Waals surface area contributed by atoms with Gasteiger partial charge in [0.05, 0.1) is 6.61 Å². The Labute approximate surface area is 204 Å². The van der Waals surface area contributed by atoms with E-state index in [1.165, 1.54) is 19.1 Å². The Bertz CT molecular complexity index is 1230. The number of nitrogens with one attached hydrogen (secondary N) is 1. The van der Waals surface area contributed by atoms with Gasteiger partial charge in [-0.25, -0.2) is 14.0 Å². The highest BCUT2D eigenvalue weighted by atomic mass is 19.1. The van der Waals surface area contributed by atoms with Crippen molar-refractivity contribution >= 4 is 28.6 Å². The molecule has 184 valence electrons. The van der Waals surface area contributed by atoms with Crippen molar-refractivity contribution in [3.8, 4) is 0 Å². The number of esters is 1. The van der Waals surface area contributed by atoms with Crippen LogP contribution in [0.3, 0.4) is 0 Å². The Morgan fingerprint density at radius 1 is 0.943 bits per heavy atom. The third-order valence-corrected chi connectivity index (χ3v) is 5.38. The number of halogens is 1. The molecule has 0 unspecified atom stereocenters. The number of amides is 1. The summed E-state index contributed by atoms with van der Waals surface area (Å²) < 4.78 is 27.3. The number of Topliss-reactive ketones (excluding diaryl/α,β-unsaturated/α-hetero) is 1. The summed E-state index contributed by atoms with van der Waals surface area (Å²) in [6, 6.07) is 16.7. The van der Waals surface area contributed by atoms with Gasteiger partial charge in [0.25, 0.3) is 5.67 Å². The van der Waals surface area contributed by atoms with Crippen molar-refractivity contribution in [3.63, 3.8) is 0 Å². The fourth-order valence-corrected chi connectivity index (χ4v) is 3.72. The van der Waals surface area contributed by atoms with Crippen molar-refractivity contribution in [3.05, 3.63) is 83.4 Å². The highest BCUT2D eigenvalue weighted by Gasteiger charge is 2.56. The number of hydrogen-bond acceptors (Lipinski definition) is 5. The van der Waals surface area contributed by atoms with Crippen LogP contribution in [0.1, 0.15) is 55.2 Å². The van der Waals surface area contributed by atoms with Crippen LogP contribution >= 0.6 is 0 Å². The number of alkyl halides is 1. The van der Waals surface area contributed by atoms with Crippen molar-refractivity contribution in [1.82, 2.24) is 5.32 Å². The summed E-state index contributed by atoms with van der Waals surface area (Å²) in [5, 5.41) is 3.98. The molecule has 0 heterocycles. The second-order valence-corrected chi connectivity index (χ2v) is 9.31. The number of ketones is 1. The molecule has 0 spiro atoms. The van der Waals surface area contributed by atoms with Gasteiger partial charge in [-0.05, 0) is 57.0 Å². The van der Waals surface area contributed by atoms with Crippen molar-refractivity contribution in [2.45, 2.75) is 51.9 Å². The summed E-state index contributed by atoms with van der Waals surface area (Å²) in [7, 11) is 0. The number of carbonyl (C=O) groups excluding carboxylic acids is 3. The molecule has 3 rings (SSSR count). The first-order chi connectivity index (χ1) is 16.5. The summed E-state index contributed by atoms with van der Waals surface area (Å²) >= 11 is 0. The van der Waals surface area contributed by atoms with E-state index in [-0.39, 0.29) is 17.7 Å². The molecule has 2 atom stereocenters. The van der Waals surface area contributed by atoms with Crippen LogP contribution in [-0.2, 0) is 14.3 Å². The Hall–Kier alpha value is -3.74. The van der Waals surface area contributed by atoms with Crippen LogP contribution in [-0.4, -0.2) is 35.7 Å². The van der Waals surface area contributed by atoms with E-state index in [4.69, 9.17) is 9.47 Å². The molecule has 0 aromatic heterocycles. The maximum atomic E-state index is 17.0. The topological polar surface area (TPSA) is 81.7 Å². The van der Waals surface area contributed by atoms with Crippen LogP contribution in [0.2, 0.25) is 0 Å². The Balaban J connectivity index is 2.15. The van der Waals surface area contributed by atoms with Gasteiger partial charge in [0.2, 0.25) is 5.78 Å². The van der Waals surface area contributed by atoms with Crippen LogP contribution in [0.25, 0.3) is 10.8 Å². The monoisotopic (exact) mass is 479 g/mol. The van der Waals surface area contributed by atoms with Gasteiger partial charge < -0.3 is 14.8 Å². The zero-order valence-electron chi connectivity index (χ0n) is 20.6. The predicted octanol–water partition coefficient (Wildman–Crippen LogP) is 5.87. The van der Waals surface area contributed by atoms with Crippen LogP contribution in [0.15, 0.2) is 66.7 Å². The van der Waals surface area contributed by atoms with Gasteiger partial charge in [0.15, 0.2) is 0 Å². The molecule has 6 nitrogen and oxygen atoms in total. The van der Waals surface area contributed by atoms with Gasteiger partial charge in [-0.15, -0.1) is 0 Å². The normalized spacial score (nSPS) is 14.0. The molecule has 35 heavy (non-hydrogen) atoms. The molecular weight excluding hydrogens is 449 g/mol. The van der Waals surface area contributed by atoms with E-state index in [0.29, 0.717) is 5.39 Å². The van der Waals surface area contributed by atoms with Crippen LogP contribution in [0.5, 0.6) is 0 Å². The van der Waals surface area contributed by atoms with E-state index in [0.717, 1.165) is 10.9 Å². The molecule has 0 aliphatic carbocycles. The SMILES string of the molecule is CCOC(=O)[C@@](F)(C(=O)c1ccc2ccccc2c1)[C@@H](NC(=O)OC(C)(C)C)c1ccc(C)cc1. The maximum Gasteiger partial charge on any atom is 0.408 e. The summed E-state index contributed by atoms with van der Waals surface area (Å²) in [6.45, 7) is 8.17. The number of ether oxygens (including phenoxy) is 2. The van der Waals surface area contributed by atoms with E-state index in [9.17, 15) is 14.4 Å².